The number of methoxy groups -OCH3 is 1. The first kappa shape index (κ1) is 9.43. The molecule has 0 saturated carbocycles. The number of alkyl halides is 1. The summed E-state index contributed by atoms with van der Waals surface area (Å²) in [4.78, 5) is 21.2. The molecular formula is C6H9ClO3. The Hall–Kier alpha value is -0.570. The van der Waals surface area contributed by atoms with E-state index in [2.05, 4.69) is 4.74 Å². The van der Waals surface area contributed by atoms with Crippen molar-refractivity contribution in [1.82, 2.24) is 0 Å². The van der Waals surface area contributed by atoms with Crippen LogP contribution in [0.4, 0.5) is 0 Å². The highest BCUT2D eigenvalue weighted by molar-refractivity contribution is 6.41. The van der Waals surface area contributed by atoms with Gasteiger partial charge in [0.25, 0.3) is 0 Å². The molecule has 1 atom stereocenters. The number of carbonyl (C=O) groups excluding carboxylic acids is 2. The first-order valence-electron chi connectivity index (χ1n) is 2.88. The molecule has 0 radical (unpaired) electrons. The average Bonchev–Trinajstić information content (AvgIpc) is 2.00. The third-order valence-corrected chi connectivity index (χ3v) is 1.46. The zero-order chi connectivity index (χ0) is 8.15. The van der Waals surface area contributed by atoms with Gasteiger partial charge in [-0.3, -0.25) is 4.79 Å². The van der Waals surface area contributed by atoms with Gasteiger partial charge >= 0.3 is 5.97 Å². The molecule has 0 aromatic carbocycles. The highest BCUT2D eigenvalue weighted by Crippen LogP contribution is 2.02. The number of ketones is 1. The fourth-order valence-corrected chi connectivity index (χ4v) is 0.658. The Morgan fingerprint density at radius 2 is 2.10 bits per heavy atom. The molecule has 0 aromatic rings. The standard InChI is InChI=1S/C6H9ClO3/c1-3-4(8)5(7)6(9)10-2/h5H,3H2,1-2H3/t5-/m0/s1. The monoisotopic (exact) mass is 164 g/mol. The normalized spacial score (nSPS) is 12.3. The Labute approximate surface area is 64.3 Å². The Morgan fingerprint density at radius 3 is 2.40 bits per heavy atom. The fourth-order valence-electron chi connectivity index (χ4n) is 0.414. The zero-order valence-electron chi connectivity index (χ0n) is 5.89. The minimum absolute atomic E-state index is 0.253. The second-order valence-corrected chi connectivity index (χ2v) is 2.14. The number of halogens is 1. The quantitative estimate of drug-likeness (QED) is 0.351. The van der Waals surface area contributed by atoms with E-state index in [-0.39, 0.29) is 12.2 Å². The van der Waals surface area contributed by atoms with E-state index in [1.165, 1.54) is 7.11 Å². The molecule has 0 aliphatic heterocycles. The van der Waals surface area contributed by atoms with Crippen molar-refractivity contribution in [3.05, 3.63) is 0 Å². The summed E-state index contributed by atoms with van der Waals surface area (Å²) in [5.74, 6) is -0.998. The maximum atomic E-state index is 10.7. The van der Waals surface area contributed by atoms with Crippen LogP contribution in [0.5, 0.6) is 0 Å². The smallest absolute Gasteiger partial charge is 0.331 e. The number of Topliss-reactive ketones (excluding diaryl/α,β-unsaturated/α-hetero) is 1. The van der Waals surface area contributed by atoms with Crippen LogP contribution >= 0.6 is 11.6 Å². The van der Waals surface area contributed by atoms with E-state index >= 15 is 0 Å². The maximum Gasteiger partial charge on any atom is 0.331 e. The summed E-state index contributed by atoms with van der Waals surface area (Å²) in [6, 6.07) is 0. The highest BCUT2D eigenvalue weighted by Gasteiger charge is 2.22. The van der Waals surface area contributed by atoms with Crippen molar-refractivity contribution in [3.63, 3.8) is 0 Å². The van der Waals surface area contributed by atoms with Crippen LogP contribution in [0.25, 0.3) is 0 Å². The first-order valence-corrected chi connectivity index (χ1v) is 3.31. The summed E-state index contributed by atoms with van der Waals surface area (Å²) in [7, 11) is 1.20. The van der Waals surface area contributed by atoms with Crippen LogP contribution in [0.15, 0.2) is 0 Å². The summed E-state index contributed by atoms with van der Waals surface area (Å²) >= 11 is 5.36. The summed E-state index contributed by atoms with van der Waals surface area (Å²) in [5.41, 5.74) is 0. The lowest BCUT2D eigenvalue weighted by Crippen LogP contribution is -2.24. The first-order chi connectivity index (χ1) is 4.63. The highest BCUT2D eigenvalue weighted by atomic mass is 35.5. The Kier molecular flexibility index (Phi) is 4.03. The van der Waals surface area contributed by atoms with Crippen molar-refractivity contribution >= 4 is 23.4 Å². The Balaban J connectivity index is 3.94. The van der Waals surface area contributed by atoms with Gasteiger partial charge in [0.1, 0.15) is 0 Å². The topological polar surface area (TPSA) is 43.4 Å². The number of hydrogen-bond donors (Lipinski definition) is 0. The van der Waals surface area contributed by atoms with Gasteiger partial charge in [-0.05, 0) is 0 Å². The number of carbonyl (C=O) groups is 2. The van der Waals surface area contributed by atoms with Gasteiger partial charge in [-0.15, -0.1) is 11.6 Å². The molecule has 3 nitrogen and oxygen atoms in total. The van der Waals surface area contributed by atoms with Crippen LogP contribution in [0.3, 0.4) is 0 Å². The molecule has 0 heterocycles. The Morgan fingerprint density at radius 1 is 1.60 bits per heavy atom. The second kappa shape index (κ2) is 4.28. The number of rotatable bonds is 3. The van der Waals surface area contributed by atoms with E-state index in [9.17, 15) is 9.59 Å². The molecule has 0 fully saturated rings. The van der Waals surface area contributed by atoms with Gasteiger partial charge in [-0.1, -0.05) is 6.92 Å². The van der Waals surface area contributed by atoms with Crippen molar-refractivity contribution in [2.45, 2.75) is 18.7 Å². The van der Waals surface area contributed by atoms with Crippen LogP contribution < -0.4 is 0 Å². The van der Waals surface area contributed by atoms with E-state index in [4.69, 9.17) is 11.6 Å². The third-order valence-electron chi connectivity index (χ3n) is 1.04. The molecule has 0 saturated heterocycles. The number of ether oxygens (including phenoxy) is 1. The summed E-state index contributed by atoms with van der Waals surface area (Å²) in [6.07, 6.45) is 0.253. The minimum Gasteiger partial charge on any atom is -0.468 e. The van der Waals surface area contributed by atoms with Gasteiger partial charge in [0.05, 0.1) is 7.11 Å². The molecule has 0 rings (SSSR count). The average molecular weight is 165 g/mol. The Bertz CT molecular complexity index is 128. The van der Waals surface area contributed by atoms with Crippen LogP contribution in [-0.2, 0) is 14.3 Å². The zero-order valence-corrected chi connectivity index (χ0v) is 6.64. The van der Waals surface area contributed by atoms with Crippen LogP contribution in [0.1, 0.15) is 13.3 Å². The van der Waals surface area contributed by atoms with Gasteiger partial charge in [-0.2, -0.15) is 0 Å². The minimum atomic E-state index is -1.13. The van der Waals surface area contributed by atoms with Gasteiger partial charge in [-0.25, -0.2) is 4.79 Å². The van der Waals surface area contributed by atoms with Crippen molar-refractivity contribution in [2.24, 2.45) is 0 Å². The molecule has 0 aliphatic carbocycles. The molecule has 4 heteroatoms. The van der Waals surface area contributed by atoms with E-state index in [1.54, 1.807) is 6.92 Å². The summed E-state index contributed by atoms with van der Waals surface area (Å²) in [6.45, 7) is 1.64. The second-order valence-electron chi connectivity index (χ2n) is 1.71. The van der Waals surface area contributed by atoms with Crippen molar-refractivity contribution in [3.8, 4) is 0 Å². The van der Waals surface area contributed by atoms with E-state index in [1.807, 2.05) is 0 Å². The largest absolute Gasteiger partial charge is 0.468 e. The molecule has 0 aromatic heterocycles. The number of esters is 1. The fraction of sp³-hybridized carbons (Fsp3) is 0.667. The molecule has 10 heavy (non-hydrogen) atoms. The van der Waals surface area contributed by atoms with Gasteiger partial charge in [0.2, 0.25) is 0 Å². The molecule has 0 aliphatic rings. The molecule has 0 amide bonds. The molecule has 0 bridgehead atoms. The lowest BCUT2D eigenvalue weighted by Gasteiger charge is -2.02. The molecule has 58 valence electrons. The van der Waals surface area contributed by atoms with Gasteiger partial charge < -0.3 is 4.74 Å². The van der Waals surface area contributed by atoms with E-state index in [0.29, 0.717) is 0 Å². The lowest BCUT2D eigenvalue weighted by atomic mass is 10.2. The summed E-state index contributed by atoms with van der Waals surface area (Å²) < 4.78 is 4.24. The lowest BCUT2D eigenvalue weighted by molar-refractivity contribution is -0.142. The van der Waals surface area contributed by atoms with Crippen molar-refractivity contribution in [1.29, 1.82) is 0 Å². The van der Waals surface area contributed by atoms with Gasteiger partial charge in [0.15, 0.2) is 11.2 Å². The molecule has 0 spiro atoms. The van der Waals surface area contributed by atoms with Gasteiger partial charge in [0, 0.05) is 6.42 Å². The van der Waals surface area contributed by atoms with Crippen LogP contribution in [0, 0.1) is 0 Å². The molecular weight excluding hydrogens is 156 g/mol. The maximum absolute atomic E-state index is 10.7. The molecule has 0 N–H and O–H groups in total. The summed E-state index contributed by atoms with van der Waals surface area (Å²) in [5, 5.41) is -1.13. The van der Waals surface area contributed by atoms with E-state index < -0.39 is 11.3 Å². The predicted octanol–water partition coefficient (Wildman–Crippen LogP) is 0.746. The molecule has 0 unspecified atom stereocenters. The van der Waals surface area contributed by atoms with Crippen molar-refractivity contribution < 1.29 is 14.3 Å². The van der Waals surface area contributed by atoms with Crippen LogP contribution in [-0.4, -0.2) is 24.2 Å². The van der Waals surface area contributed by atoms with Crippen molar-refractivity contribution in [2.75, 3.05) is 7.11 Å². The predicted molar refractivity (Wildman–Crippen MR) is 37.0 cm³/mol. The van der Waals surface area contributed by atoms with E-state index in [0.717, 1.165) is 0 Å². The third kappa shape index (κ3) is 2.35. The number of hydrogen-bond acceptors (Lipinski definition) is 3. The van der Waals surface area contributed by atoms with Crippen LogP contribution in [0.2, 0.25) is 0 Å². The SMILES string of the molecule is CCC(=O)[C@H](Cl)C(=O)OC.